The number of aliphatic hydroxyl groups is 1. The van der Waals surface area contributed by atoms with Crippen molar-refractivity contribution in [3.05, 3.63) is 148 Å². The van der Waals surface area contributed by atoms with Gasteiger partial charge in [-0.2, -0.15) is 0 Å². The molecule has 4 N–H and O–H groups in total. The van der Waals surface area contributed by atoms with Crippen LogP contribution in [0.15, 0.2) is 115 Å². The van der Waals surface area contributed by atoms with Crippen molar-refractivity contribution in [1.29, 1.82) is 0 Å². The lowest BCUT2D eigenvalue weighted by molar-refractivity contribution is -0.140. The Hall–Kier alpha value is -4.97. The van der Waals surface area contributed by atoms with Gasteiger partial charge >= 0.3 is 6.09 Å². The van der Waals surface area contributed by atoms with Gasteiger partial charge in [0.05, 0.1) is 26.9 Å². The first-order valence-corrected chi connectivity index (χ1v) is 19.2. The van der Waals surface area contributed by atoms with Crippen LogP contribution in [0.25, 0.3) is 10.4 Å². The second kappa shape index (κ2) is 16.0. The molecule has 274 valence electrons. The topological polar surface area (TPSA) is 132 Å². The third-order valence-corrected chi connectivity index (χ3v) is 12.6. The van der Waals surface area contributed by atoms with Crippen molar-refractivity contribution in [2.45, 2.75) is 68.3 Å². The molecule has 4 aromatic carbocycles. The third-order valence-electron chi connectivity index (χ3n) is 9.84. The molecule has 1 aromatic heterocycles. The van der Waals surface area contributed by atoms with E-state index in [1.165, 1.54) is 16.7 Å². The molecule has 0 saturated carbocycles. The summed E-state index contributed by atoms with van der Waals surface area (Å²) in [5, 5.41) is 26.4. The van der Waals surface area contributed by atoms with Gasteiger partial charge in [-0.15, -0.1) is 23.1 Å². The fourth-order valence-electron chi connectivity index (χ4n) is 7.19. The smallest absolute Gasteiger partial charge is 0.405 e. The summed E-state index contributed by atoms with van der Waals surface area (Å²) in [6.07, 6.45) is -2.28. The lowest BCUT2D eigenvalue weighted by Gasteiger charge is -2.44. The van der Waals surface area contributed by atoms with E-state index in [0.29, 0.717) is 0 Å². The number of thioether (sulfide) groups is 1. The molecule has 1 unspecified atom stereocenters. The van der Waals surface area contributed by atoms with Crippen LogP contribution in [0.5, 0.6) is 0 Å². The molecule has 11 heteroatoms. The molecule has 1 aliphatic heterocycles. The first-order chi connectivity index (χ1) is 25.4. The van der Waals surface area contributed by atoms with Crippen molar-refractivity contribution >= 4 is 41.0 Å². The lowest BCUT2D eigenvalue weighted by atomic mass is 9.84. The van der Waals surface area contributed by atoms with Gasteiger partial charge < -0.3 is 25.7 Å². The van der Waals surface area contributed by atoms with Gasteiger partial charge in [-0.1, -0.05) is 109 Å². The first kappa shape index (κ1) is 37.8. The minimum atomic E-state index is -1.37. The summed E-state index contributed by atoms with van der Waals surface area (Å²) < 4.78 is -1.96. The number of hydrogen-bond donors (Lipinski definition) is 4. The number of rotatable bonds is 12. The average molecular weight is 749 g/mol. The summed E-state index contributed by atoms with van der Waals surface area (Å²) in [6.45, 7) is 7.79. The highest BCUT2D eigenvalue weighted by Gasteiger charge is 2.50. The number of nitrogens with one attached hydrogen (secondary N) is 2. The van der Waals surface area contributed by atoms with Gasteiger partial charge in [0.15, 0.2) is 0 Å². The summed E-state index contributed by atoms with van der Waals surface area (Å²) in [7, 11) is 0. The quantitative estimate of drug-likeness (QED) is 0.0998. The van der Waals surface area contributed by atoms with E-state index in [0.717, 1.165) is 44.0 Å². The number of carboxylic acid groups (broad SMARTS) is 1. The largest absolute Gasteiger partial charge is 0.465 e. The normalized spacial score (nSPS) is 16.6. The molecule has 3 atom stereocenters. The average Bonchev–Trinajstić information content (AvgIpc) is 3.78. The van der Waals surface area contributed by atoms with E-state index in [4.69, 9.17) is 0 Å². The number of hydrogen-bond acceptors (Lipinski definition) is 7. The number of aryl methyl sites for hydroxylation is 2. The van der Waals surface area contributed by atoms with Crippen LogP contribution in [0, 0.1) is 13.8 Å². The Kier molecular flexibility index (Phi) is 11.4. The maximum atomic E-state index is 14.7. The second-order valence-electron chi connectivity index (χ2n) is 13.9. The van der Waals surface area contributed by atoms with Crippen LogP contribution < -0.4 is 10.6 Å². The Labute approximate surface area is 318 Å². The number of β-amino-alcohol motifs (C(OH)–C–C–N with tert-alkyl or cyclic N) is 1. The molecule has 0 aliphatic carbocycles. The molecule has 2 heterocycles. The fraction of sp³-hybridized carbons (Fsp3) is 0.286. The van der Waals surface area contributed by atoms with Crippen LogP contribution in [-0.4, -0.2) is 67.5 Å². The van der Waals surface area contributed by atoms with Crippen molar-refractivity contribution < 1.29 is 24.6 Å². The highest BCUT2D eigenvalue weighted by Crippen LogP contribution is 2.54. The Morgan fingerprint density at radius 3 is 1.96 bits per heavy atom. The summed E-state index contributed by atoms with van der Waals surface area (Å²) in [6, 6.07) is 33.7. The number of nitrogens with zero attached hydrogens (tertiary/aromatic N) is 2. The van der Waals surface area contributed by atoms with Crippen LogP contribution in [0.4, 0.5) is 4.79 Å². The molecule has 1 aliphatic rings. The summed E-state index contributed by atoms with van der Waals surface area (Å²) in [5.41, 5.74) is 8.62. The maximum absolute atomic E-state index is 14.7. The molecule has 9 nitrogen and oxygen atoms in total. The van der Waals surface area contributed by atoms with Crippen LogP contribution in [-0.2, 0) is 20.9 Å². The molecular formula is C42H44N4O5S2. The van der Waals surface area contributed by atoms with E-state index in [2.05, 4.69) is 21.7 Å². The molecule has 5 aromatic rings. The number of carbonyl (C=O) groups excluding carboxylic acids is 2. The zero-order valence-corrected chi connectivity index (χ0v) is 31.8. The molecule has 1 saturated heterocycles. The Morgan fingerprint density at radius 2 is 1.47 bits per heavy atom. The lowest BCUT2D eigenvalue weighted by Crippen LogP contribution is -2.60. The van der Waals surface area contributed by atoms with Gasteiger partial charge in [0.1, 0.15) is 12.1 Å². The summed E-state index contributed by atoms with van der Waals surface area (Å²) >= 11 is 3.05. The number of amides is 3. The number of aromatic nitrogens is 1. The van der Waals surface area contributed by atoms with Gasteiger partial charge in [-0.25, -0.2) is 9.78 Å². The van der Waals surface area contributed by atoms with Gasteiger partial charge in [0.2, 0.25) is 11.8 Å². The monoisotopic (exact) mass is 748 g/mol. The highest BCUT2D eigenvalue weighted by molar-refractivity contribution is 8.02. The first-order valence-electron chi connectivity index (χ1n) is 17.5. The number of aliphatic hydroxyl groups excluding tert-OH is 1. The molecule has 3 amide bonds. The SMILES string of the molecule is Cc1cc(-c2scnc2C)ccc1CNC(=O)[C@H]1C[C@@H](O)CN1C(=O)C(NC(=O)O)C(C)(C)SC(c1ccccc1)(c1ccccc1)c1ccccc1. The van der Waals surface area contributed by atoms with Crippen LogP contribution in [0.3, 0.4) is 0 Å². The molecular weight excluding hydrogens is 705 g/mol. The van der Waals surface area contributed by atoms with Crippen molar-refractivity contribution in [2.24, 2.45) is 0 Å². The van der Waals surface area contributed by atoms with Gasteiger partial charge in [-0.3, -0.25) is 9.59 Å². The van der Waals surface area contributed by atoms with E-state index in [1.54, 1.807) is 11.3 Å². The molecule has 6 rings (SSSR count). The van der Waals surface area contributed by atoms with Crippen LogP contribution in [0.2, 0.25) is 0 Å². The minimum absolute atomic E-state index is 0.0372. The van der Waals surface area contributed by atoms with Crippen molar-refractivity contribution in [3.8, 4) is 10.4 Å². The molecule has 0 bridgehead atoms. The standard InChI is InChI=1S/C42H44N4O5S2/c1-27-22-29(36-28(2)44-26-52-36)20-21-30(27)24-43-38(48)35-23-34(47)25-46(35)39(49)37(45-40(50)51)41(3,4)53-42(31-14-8-5-9-15-31,32-16-10-6-11-17-32)33-18-12-7-13-19-33/h5-22,26,34-35,37,45,47H,23-25H2,1-4H3,(H,43,48)(H,50,51)/t34-,35-,37?/m1/s1. The van der Waals surface area contributed by atoms with Crippen LogP contribution >= 0.6 is 23.1 Å². The zero-order valence-electron chi connectivity index (χ0n) is 30.2. The number of carbonyl (C=O) groups is 3. The Morgan fingerprint density at radius 1 is 0.906 bits per heavy atom. The predicted molar refractivity (Wildman–Crippen MR) is 211 cm³/mol. The highest BCUT2D eigenvalue weighted by atomic mass is 32.2. The maximum Gasteiger partial charge on any atom is 0.405 e. The molecule has 0 radical (unpaired) electrons. The van der Waals surface area contributed by atoms with Crippen molar-refractivity contribution in [2.75, 3.05) is 6.54 Å². The third kappa shape index (κ3) is 8.02. The van der Waals surface area contributed by atoms with Crippen LogP contribution in [0.1, 0.15) is 53.8 Å². The van der Waals surface area contributed by atoms with Crippen molar-refractivity contribution in [1.82, 2.24) is 20.5 Å². The molecule has 1 fully saturated rings. The minimum Gasteiger partial charge on any atom is -0.465 e. The predicted octanol–water partition coefficient (Wildman–Crippen LogP) is 7.15. The summed E-state index contributed by atoms with van der Waals surface area (Å²) in [5.74, 6) is -0.992. The van der Waals surface area contributed by atoms with Crippen molar-refractivity contribution in [3.63, 3.8) is 0 Å². The van der Waals surface area contributed by atoms with E-state index in [1.807, 2.05) is 136 Å². The van der Waals surface area contributed by atoms with E-state index >= 15 is 0 Å². The van der Waals surface area contributed by atoms with Gasteiger partial charge in [-0.05, 0) is 61.1 Å². The van der Waals surface area contributed by atoms with E-state index in [-0.39, 0.29) is 19.5 Å². The zero-order chi connectivity index (χ0) is 37.8. The van der Waals surface area contributed by atoms with E-state index in [9.17, 15) is 24.6 Å². The summed E-state index contributed by atoms with van der Waals surface area (Å²) in [4.78, 5) is 47.7. The number of likely N-dealkylation sites (tertiary alicyclic amines) is 1. The number of thiazole rings is 1. The van der Waals surface area contributed by atoms with Gasteiger partial charge in [0.25, 0.3) is 0 Å². The fourth-order valence-corrected chi connectivity index (χ4v) is 9.82. The molecule has 53 heavy (non-hydrogen) atoms. The second-order valence-corrected chi connectivity index (χ2v) is 16.6. The van der Waals surface area contributed by atoms with Gasteiger partial charge in [0, 0.05) is 24.3 Å². The molecule has 0 spiro atoms. The van der Waals surface area contributed by atoms with E-state index < -0.39 is 45.6 Å². The Balaban J connectivity index is 1.30. The Bertz CT molecular complexity index is 1960. The number of benzene rings is 4.